The summed E-state index contributed by atoms with van der Waals surface area (Å²) in [4.78, 5) is 53.9. The molecule has 1 unspecified atom stereocenters. The van der Waals surface area contributed by atoms with E-state index in [4.69, 9.17) is 14.2 Å². The number of non-ortho nitro benzene ring substituents is 1. The lowest BCUT2D eigenvalue weighted by molar-refractivity contribution is -0.384. The van der Waals surface area contributed by atoms with Crippen LogP contribution in [0, 0.1) is 10.1 Å². The van der Waals surface area contributed by atoms with Crippen LogP contribution in [-0.2, 0) is 14.3 Å². The summed E-state index contributed by atoms with van der Waals surface area (Å²) in [5.74, 6) is -0.564. The molecule has 0 saturated heterocycles. The van der Waals surface area contributed by atoms with E-state index in [0.29, 0.717) is 38.5 Å². The average molecular weight is 552 g/mol. The molecule has 1 atom stereocenters. The number of nitro groups is 1. The molecule has 3 aromatic rings. The van der Waals surface area contributed by atoms with Crippen molar-refractivity contribution in [2.75, 3.05) is 13.2 Å². The van der Waals surface area contributed by atoms with Gasteiger partial charge in [0.25, 0.3) is 11.2 Å². The van der Waals surface area contributed by atoms with Gasteiger partial charge in [0.1, 0.15) is 0 Å². The van der Waals surface area contributed by atoms with Crippen molar-refractivity contribution >= 4 is 35.0 Å². The summed E-state index contributed by atoms with van der Waals surface area (Å²) < 4.78 is 17.7. The van der Waals surface area contributed by atoms with Gasteiger partial charge in [-0.3, -0.25) is 24.3 Å². The smallest absolute Gasteiger partial charge is 0.338 e. The summed E-state index contributed by atoms with van der Waals surface area (Å²) in [6, 6.07) is 9.71. The summed E-state index contributed by atoms with van der Waals surface area (Å²) in [6.45, 7) is 6.81. The number of hydrogen-bond acceptors (Lipinski definition) is 10. The minimum atomic E-state index is -0.979. The molecule has 4 rings (SSSR count). The van der Waals surface area contributed by atoms with Gasteiger partial charge in [0.15, 0.2) is 16.3 Å². The first kappa shape index (κ1) is 27.5. The van der Waals surface area contributed by atoms with E-state index in [1.54, 1.807) is 51.1 Å². The maximum atomic E-state index is 13.7. The number of aromatic nitrogens is 1. The largest absolute Gasteiger partial charge is 0.490 e. The third-order valence-electron chi connectivity index (χ3n) is 5.73. The average Bonchev–Trinajstić information content (AvgIpc) is 3.19. The zero-order valence-corrected chi connectivity index (χ0v) is 22.4. The fraction of sp³-hybridized carbons (Fsp3) is 0.259. The lowest BCUT2D eigenvalue weighted by Gasteiger charge is -2.24. The molecule has 11 nitrogen and oxygen atoms in total. The molecule has 2 heterocycles. The maximum absolute atomic E-state index is 13.7. The number of allylic oxidation sites excluding steroid dienone is 1. The van der Waals surface area contributed by atoms with E-state index in [1.165, 1.54) is 29.7 Å². The van der Waals surface area contributed by atoms with E-state index in [-0.39, 0.29) is 23.6 Å². The molecule has 0 N–H and O–H groups in total. The first-order valence-electron chi connectivity index (χ1n) is 12.0. The molecule has 1 aliphatic heterocycles. The molecule has 0 saturated carbocycles. The highest BCUT2D eigenvalue weighted by atomic mass is 32.1. The van der Waals surface area contributed by atoms with Crippen LogP contribution in [-0.4, -0.2) is 34.6 Å². The number of benzene rings is 2. The zero-order valence-electron chi connectivity index (χ0n) is 21.6. The van der Waals surface area contributed by atoms with Crippen molar-refractivity contribution in [3.8, 4) is 11.5 Å². The predicted octanol–water partition coefficient (Wildman–Crippen LogP) is 3.03. The zero-order chi connectivity index (χ0) is 28.3. The Morgan fingerprint density at radius 2 is 1.92 bits per heavy atom. The third-order valence-corrected chi connectivity index (χ3v) is 6.72. The number of esters is 2. The van der Waals surface area contributed by atoms with Crippen LogP contribution in [0.1, 0.15) is 44.9 Å². The van der Waals surface area contributed by atoms with E-state index in [2.05, 4.69) is 4.99 Å². The van der Waals surface area contributed by atoms with Gasteiger partial charge in [-0.25, -0.2) is 9.79 Å². The summed E-state index contributed by atoms with van der Waals surface area (Å²) >= 11 is 1.11. The lowest BCUT2D eigenvalue weighted by atomic mass is 9.95. The summed E-state index contributed by atoms with van der Waals surface area (Å²) in [5, 5.41) is 11.5. The number of hydrogen-bond donors (Lipinski definition) is 0. The van der Waals surface area contributed by atoms with Crippen molar-refractivity contribution in [2.24, 2.45) is 4.99 Å². The number of carbonyl (C=O) groups excluding carboxylic acids is 2. The van der Waals surface area contributed by atoms with Crippen molar-refractivity contribution in [3.63, 3.8) is 0 Å². The Morgan fingerprint density at radius 3 is 2.59 bits per heavy atom. The molecule has 0 spiro atoms. The van der Waals surface area contributed by atoms with Gasteiger partial charge in [-0.05, 0) is 50.1 Å². The minimum absolute atomic E-state index is 0.104. The second-order valence-electron chi connectivity index (χ2n) is 8.39. The highest BCUT2D eigenvalue weighted by Crippen LogP contribution is 2.32. The normalized spacial score (nSPS) is 14.9. The monoisotopic (exact) mass is 551 g/mol. The molecular weight excluding hydrogens is 526 g/mol. The van der Waals surface area contributed by atoms with Crippen molar-refractivity contribution in [1.29, 1.82) is 0 Å². The molecule has 0 radical (unpaired) electrons. The lowest BCUT2D eigenvalue weighted by Crippen LogP contribution is -2.40. The highest BCUT2D eigenvalue weighted by Gasteiger charge is 2.34. The Kier molecular flexibility index (Phi) is 8.05. The van der Waals surface area contributed by atoms with Gasteiger partial charge in [-0.1, -0.05) is 29.5 Å². The van der Waals surface area contributed by atoms with Gasteiger partial charge in [0, 0.05) is 19.1 Å². The summed E-state index contributed by atoms with van der Waals surface area (Å²) in [5.41, 5.74) is 0.838. The molecular formula is C27H25N3O8S. The molecule has 0 bridgehead atoms. The third kappa shape index (κ3) is 5.65. The second-order valence-corrected chi connectivity index (χ2v) is 9.40. The molecule has 39 heavy (non-hydrogen) atoms. The fourth-order valence-electron chi connectivity index (χ4n) is 4.19. The Bertz CT molecular complexity index is 1690. The Labute approximate surface area is 226 Å². The van der Waals surface area contributed by atoms with Crippen molar-refractivity contribution < 1.29 is 28.7 Å². The van der Waals surface area contributed by atoms with Crippen LogP contribution in [0.25, 0.3) is 6.08 Å². The van der Waals surface area contributed by atoms with Gasteiger partial charge in [0.05, 0.1) is 40.0 Å². The molecule has 2 aromatic carbocycles. The summed E-state index contributed by atoms with van der Waals surface area (Å²) in [6.07, 6.45) is 1.64. The van der Waals surface area contributed by atoms with Crippen molar-refractivity contribution in [1.82, 2.24) is 4.57 Å². The van der Waals surface area contributed by atoms with Crippen LogP contribution in [0.4, 0.5) is 5.69 Å². The van der Waals surface area contributed by atoms with Gasteiger partial charge in [-0.2, -0.15) is 0 Å². The topological polar surface area (TPSA) is 139 Å². The van der Waals surface area contributed by atoms with Crippen LogP contribution >= 0.6 is 11.3 Å². The molecule has 0 fully saturated rings. The number of fused-ring (bicyclic) bond motifs is 1. The van der Waals surface area contributed by atoms with E-state index in [9.17, 15) is 24.5 Å². The van der Waals surface area contributed by atoms with Crippen LogP contribution in [0.2, 0.25) is 0 Å². The van der Waals surface area contributed by atoms with Gasteiger partial charge in [0.2, 0.25) is 0 Å². The Morgan fingerprint density at radius 1 is 1.15 bits per heavy atom. The predicted molar refractivity (Wildman–Crippen MR) is 142 cm³/mol. The molecule has 1 aromatic heterocycles. The van der Waals surface area contributed by atoms with Crippen LogP contribution < -0.4 is 24.4 Å². The number of ether oxygens (including phenoxy) is 3. The van der Waals surface area contributed by atoms with Crippen LogP contribution in [0.5, 0.6) is 11.5 Å². The first-order valence-corrected chi connectivity index (χ1v) is 12.9. The number of nitro benzene ring substituents is 1. The maximum Gasteiger partial charge on any atom is 0.338 e. The molecule has 1 aliphatic rings. The van der Waals surface area contributed by atoms with Crippen molar-refractivity contribution in [3.05, 3.63) is 94.7 Å². The first-order chi connectivity index (χ1) is 18.6. The number of thiazole rings is 1. The van der Waals surface area contributed by atoms with Crippen molar-refractivity contribution in [2.45, 2.75) is 33.7 Å². The van der Waals surface area contributed by atoms with Gasteiger partial charge in [-0.15, -0.1) is 0 Å². The molecule has 202 valence electrons. The minimum Gasteiger partial charge on any atom is -0.490 e. The van der Waals surface area contributed by atoms with Crippen LogP contribution in [0.15, 0.2) is 63.5 Å². The quantitative estimate of drug-likeness (QED) is 0.180. The second kappa shape index (κ2) is 11.4. The Balaban J connectivity index is 1.91. The van der Waals surface area contributed by atoms with E-state index < -0.39 is 28.5 Å². The van der Waals surface area contributed by atoms with Gasteiger partial charge < -0.3 is 14.2 Å². The highest BCUT2D eigenvalue weighted by molar-refractivity contribution is 7.07. The number of nitrogens with zero attached hydrogens (tertiary/aromatic N) is 3. The Hall–Kier alpha value is -4.58. The standard InChI is InChI=1S/C27H25N3O8S/c1-5-36-21-12-17(10-11-20(21)38-16(4)31)13-22-25(32)29-24(18-8-7-9-19(14-18)30(34)35)23(26(33)37-6-2)15(3)28-27(29)39-22/h7-14,24H,5-6H2,1-4H3/b22-13-. The van der Waals surface area contributed by atoms with Gasteiger partial charge >= 0.3 is 11.9 Å². The number of rotatable bonds is 8. The van der Waals surface area contributed by atoms with E-state index >= 15 is 0 Å². The van der Waals surface area contributed by atoms with E-state index in [1.807, 2.05) is 0 Å². The molecule has 0 aliphatic carbocycles. The molecule has 0 amide bonds. The number of carbonyl (C=O) groups is 2. The fourth-order valence-corrected chi connectivity index (χ4v) is 5.24. The SMILES string of the molecule is CCOC(=O)C1=C(C)N=c2s/c(=C\c3ccc(OC(C)=O)c(OCC)c3)c(=O)n2C1c1cccc([N+](=O)[O-])c1. The summed E-state index contributed by atoms with van der Waals surface area (Å²) in [7, 11) is 0. The molecule has 12 heteroatoms. The van der Waals surface area contributed by atoms with Crippen LogP contribution in [0.3, 0.4) is 0 Å². The van der Waals surface area contributed by atoms with E-state index in [0.717, 1.165) is 11.3 Å².